The molecule has 1 aliphatic heterocycles. The topological polar surface area (TPSA) is 78.9 Å². The van der Waals surface area contributed by atoms with E-state index in [1.807, 2.05) is 0 Å². The lowest BCUT2D eigenvalue weighted by molar-refractivity contribution is -0.136. The van der Waals surface area contributed by atoms with Crippen LogP contribution in [0.15, 0.2) is 27.9 Å². The van der Waals surface area contributed by atoms with Crippen LogP contribution in [-0.4, -0.2) is 48.7 Å². The van der Waals surface area contributed by atoms with Crippen molar-refractivity contribution in [3.63, 3.8) is 0 Å². The average molecular weight is 408 g/mol. The van der Waals surface area contributed by atoms with Crippen molar-refractivity contribution in [2.75, 3.05) is 32.1 Å². The number of rotatable bonds is 5. The Kier molecular flexibility index (Phi) is 5.61. The molecule has 124 valence electrons. The molecule has 0 atom stereocenters. The van der Waals surface area contributed by atoms with Gasteiger partial charge in [0.1, 0.15) is 5.70 Å². The number of esters is 1. The highest BCUT2D eigenvalue weighted by atomic mass is 79.9. The number of nitrogens with zero attached hydrogens (tertiary/aromatic N) is 1. The summed E-state index contributed by atoms with van der Waals surface area (Å²) in [7, 11) is 1.18. The van der Waals surface area contributed by atoms with Crippen molar-refractivity contribution < 1.29 is 23.8 Å². The van der Waals surface area contributed by atoms with Crippen LogP contribution >= 0.6 is 27.5 Å². The van der Waals surface area contributed by atoms with Crippen molar-refractivity contribution in [2.24, 2.45) is 0 Å². The van der Waals surface area contributed by atoms with Gasteiger partial charge in [-0.05, 0) is 28.1 Å². The van der Waals surface area contributed by atoms with E-state index < -0.39 is 17.7 Å². The third-order valence-corrected chi connectivity index (χ3v) is 4.51. The summed E-state index contributed by atoms with van der Waals surface area (Å²) in [6, 6.07) is 2.90. The Labute approximate surface area is 145 Å². The van der Waals surface area contributed by atoms with Crippen molar-refractivity contribution in [1.29, 1.82) is 0 Å². The van der Waals surface area contributed by atoms with Crippen LogP contribution in [0.4, 0.5) is 10.1 Å². The van der Waals surface area contributed by atoms with Crippen molar-refractivity contribution >= 4 is 45.1 Å². The van der Waals surface area contributed by atoms with Crippen LogP contribution in [0.2, 0.25) is 5.02 Å². The summed E-state index contributed by atoms with van der Waals surface area (Å²) < 4.78 is 19.2. The number of methoxy groups -OCH3 is 1. The average Bonchev–Trinajstić information content (AvgIpc) is 2.84. The number of aliphatic hydroxyl groups excluding tert-OH is 1. The van der Waals surface area contributed by atoms with Gasteiger partial charge in [0.15, 0.2) is 5.82 Å². The van der Waals surface area contributed by atoms with Crippen molar-refractivity contribution in [3.05, 3.63) is 38.7 Å². The summed E-state index contributed by atoms with van der Waals surface area (Å²) in [6.45, 7) is -0.236. The third-order valence-electron chi connectivity index (χ3n) is 3.25. The zero-order valence-electron chi connectivity index (χ0n) is 12.0. The zero-order valence-corrected chi connectivity index (χ0v) is 14.4. The minimum absolute atomic E-state index is 0.0275. The molecule has 0 spiro atoms. The molecule has 0 aromatic heterocycles. The highest BCUT2D eigenvalue weighted by molar-refractivity contribution is 9.10. The Bertz CT molecular complexity index is 696. The molecule has 1 aromatic carbocycles. The first kappa shape index (κ1) is 17.7. The van der Waals surface area contributed by atoms with E-state index in [9.17, 15) is 14.0 Å². The fourth-order valence-electron chi connectivity index (χ4n) is 2.11. The first-order valence-electron chi connectivity index (χ1n) is 6.52. The number of amides is 1. The molecule has 0 saturated heterocycles. The smallest absolute Gasteiger partial charge is 0.337 e. The monoisotopic (exact) mass is 406 g/mol. The second-order valence-electron chi connectivity index (χ2n) is 4.64. The summed E-state index contributed by atoms with van der Waals surface area (Å²) in [6.07, 6.45) is 0. The van der Waals surface area contributed by atoms with Gasteiger partial charge in [0.25, 0.3) is 5.91 Å². The summed E-state index contributed by atoms with van der Waals surface area (Å²) in [5.41, 5.74) is -0.0826. The molecule has 0 unspecified atom stereocenters. The van der Waals surface area contributed by atoms with E-state index in [1.54, 1.807) is 0 Å². The minimum atomic E-state index is -0.758. The first-order chi connectivity index (χ1) is 10.9. The summed E-state index contributed by atoms with van der Waals surface area (Å²) >= 11 is 8.90. The number of carbonyl (C=O) groups is 2. The molecule has 1 aliphatic rings. The molecule has 1 heterocycles. The number of halogens is 3. The normalized spacial score (nSPS) is 14.5. The predicted octanol–water partition coefficient (Wildman–Crippen LogP) is 1.92. The number of aliphatic hydroxyl groups is 1. The SMILES string of the molecule is COC(=O)C1=C(Nc2ccc(Br)c(Cl)c2F)C(=O)N(CCO)C1. The Morgan fingerprint density at radius 3 is 2.87 bits per heavy atom. The molecule has 6 nitrogen and oxygen atoms in total. The lowest BCUT2D eigenvalue weighted by Crippen LogP contribution is -2.31. The molecule has 9 heteroatoms. The Balaban J connectivity index is 2.39. The van der Waals surface area contributed by atoms with E-state index in [4.69, 9.17) is 16.7 Å². The van der Waals surface area contributed by atoms with E-state index in [-0.39, 0.29) is 41.7 Å². The molecule has 0 saturated carbocycles. The van der Waals surface area contributed by atoms with Crippen LogP contribution in [0.25, 0.3) is 0 Å². The maximum absolute atomic E-state index is 14.2. The first-order valence-corrected chi connectivity index (χ1v) is 7.70. The number of β-amino-alcohol motifs (C(OH)–C–C–N with tert-alkyl or cyclic N) is 1. The quantitative estimate of drug-likeness (QED) is 0.576. The van der Waals surface area contributed by atoms with Crippen molar-refractivity contribution in [2.45, 2.75) is 0 Å². The molecule has 0 aliphatic carbocycles. The highest BCUT2D eigenvalue weighted by Crippen LogP contribution is 2.32. The van der Waals surface area contributed by atoms with E-state index in [0.717, 1.165) is 0 Å². The van der Waals surface area contributed by atoms with Crippen LogP contribution < -0.4 is 5.32 Å². The number of carbonyl (C=O) groups excluding carboxylic acids is 2. The van der Waals surface area contributed by atoms with Gasteiger partial charge in [0, 0.05) is 11.0 Å². The van der Waals surface area contributed by atoms with Gasteiger partial charge in [-0.1, -0.05) is 11.6 Å². The minimum Gasteiger partial charge on any atom is -0.466 e. The molecular weight excluding hydrogens is 395 g/mol. The molecule has 0 bridgehead atoms. The molecule has 2 N–H and O–H groups in total. The van der Waals surface area contributed by atoms with Crippen LogP contribution in [0.1, 0.15) is 0 Å². The van der Waals surface area contributed by atoms with Crippen molar-refractivity contribution in [3.8, 4) is 0 Å². The number of benzene rings is 1. The van der Waals surface area contributed by atoms with Crippen LogP contribution in [0.5, 0.6) is 0 Å². The number of nitrogens with one attached hydrogen (secondary N) is 1. The summed E-state index contributed by atoms with van der Waals surface area (Å²) in [4.78, 5) is 25.4. The Hall–Kier alpha value is -1.64. The largest absolute Gasteiger partial charge is 0.466 e. The lowest BCUT2D eigenvalue weighted by Gasteiger charge is -2.15. The molecule has 0 radical (unpaired) electrons. The lowest BCUT2D eigenvalue weighted by atomic mass is 10.2. The van der Waals surface area contributed by atoms with E-state index >= 15 is 0 Å². The van der Waals surface area contributed by atoms with E-state index in [2.05, 4.69) is 26.0 Å². The van der Waals surface area contributed by atoms with E-state index in [0.29, 0.717) is 4.47 Å². The molecule has 1 aromatic rings. The van der Waals surface area contributed by atoms with Gasteiger partial charge in [-0.3, -0.25) is 4.79 Å². The van der Waals surface area contributed by atoms with Gasteiger partial charge in [-0.25, -0.2) is 9.18 Å². The third kappa shape index (κ3) is 3.49. The van der Waals surface area contributed by atoms with E-state index in [1.165, 1.54) is 24.1 Å². The number of ether oxygens (including phenoxy) is 1. The second kappa shape index (κ2) is 7.29. The van der Waals surface area contributed by atoms with Crippen LogP contribution in [0.3, 0.4) is 0 Å². The van der Waals surface area contributed by atoms with Gasteiger partial charge in [0.05, 0.1) is 36.5 Å². The standard InChI is InChI=1S/C14H13BrClFN2O4/c1-23-14(22)7-6-19(4-5-20)13(21)12(7)18-9-3-2-8(15)10(16)11(9)17/h2-3,18,20H,4-6H2,1H3. The zero-order chi connectivity index (χ0) is 17.1. The maximum atomic E-state index is 14.2. The van der Waals surface area contributed by atoms with Crippen LogP contribution in [0, 0.1) is 5.82 Å². The molecule has 0 fully saturated rings. The van der Waals surface area contributed by atoms with Gasteiger partial charge in [0.2, 0.25) is 0 Å². The number of hydrogen-bond donors (Lipinski definition) is 2. The predicted molar refractivity (Wildman–Crippen MR) is 85.4 cm³/mol. The Morgan fingerprint density at radius 1 is 1.57 bits per heavy atom. The number of hydrogen-bond acceptors (Lipinski definition) is 5. The van der Waals surface area contributed by atoms with Gasteiger partial charge in [-0.2, -0.15) is 0 Å². The van der Waals surface area contributed by atoms with Crippen LogP contribution in [-0.2, 0) is 14.3 Å². The second-order valence-corrected chi connectivity index (χ2v) is 5.88. The fraction of sp³-hybridized carbons (Fsp3) is 0.286. The molecule has 1 amide bonds. The molecular formula is C14H13BrClFN2O4. The van der Waals surface area contributed by atoms with Gasteiger partial charge >= 0.3 is 5.97 Å². The van der Waals surface area contributed by atoms with Crippen molar-refractivity contribution in [1.82, 2.24) is 4.90 Å². The Morgan fingerprint density at radius 2 is 2.26 bits per heavy atom. The summed E-state index contributed by atoms with van der Waals surface area (Å²) in [5, 5.41) is 11.4. The summed E-state index contributed by atoms with van der Waals surface area (Å²) in [5.74, 6) is -1.99. The fourth-order valence-corrected chi connectivity index (χ4v) is 2.58. The van der Waals surface area contributed by atoms with Gasteiger partial charge < -0.3 is 20.1 Å². The molecule has 23 heavy (non-hydrogen) atoms. The van der Waals surface area contributed by atoms with Gasteiger partial charge in [-0.15, -0.1) is 0 Å². The number of anilines is 1. The molecule has 2 rings (SSSR count). The maximum Gasteiger partial charge on any atom is 0.337 e. The highest BCUT2D eigenvalue weighted by Gasteiger charge is 2.34.